The average molecular weight is 454 g/mol. The van der Waals surface area contributed by atoms with Crippen LogP contribution in [0.3, 0.4) is 0 Å². The zero-order valence-electron chi connectivity index (χ0n) is 19.4. The van der Waals surface area contributed by atoms with Crippen molar-refractivity contribution in [1.29, 1.82) is 0 Å². The molecule has 6 heteroatoms. The van der Waals surface area contributed by atoms with Crippen molar-refractivity contribution in [2.24, 2.45) is 5.10 Å². The van der Waals surface area contributed by atoms with Crippen LogP contribution in [0.2, 0.25) is 0 Å². The van der Waals surface area contributed by atoms with Crippen LogP contribution >= 0.6 is 0 Å². The van der Waals surface area contributed by atoms with Crippen LogP contribution in [0.25, 0.3) is 5.69 Å². The molecule has 0 radical (unpaired) electrons. The SMILES string of the molecule is COc1ccc(-n2c(C)cc(C=NNC(=O)C(O)(c3ccccc3)c3ccccc3)c2C)cc1. The number of hydrogen-bond acceptors (Lipinski definition) is 4. The largest absolute Gasteiger partial charge is 0.497 e. The summed E-state index contributed by atoms with van der Waals surface area (Å²) in [6.45, 7) is 4.00. The number of methoxy groups -OCH3 is 1. The normalized spacial score (nSPS) is 11.5. The van der Waals surface area contributed by atoms with Crippen molar-refractivity contribution in [3.05, 3.63) is 119 Å². The van der Waals surface area contributed by atoms with Gasteiger partial charge in [-0.1, -0.05) is 60.7 Å². The number of carbonyl (C=O) groups is 1. The summed E-state index contributed by atoms with van der Waals surface area (Å²) in [5, 5.41) is 15.7. The molecular weight excluding hydrogens is 426 g/mol. The van der Waals surface area contributed by atoms with Gasteiger partial charge in [0.25, 0.3) is 5.91 Å². The van der Waals surface area contributed by atoms with Crippen LogP contribution in [0.4, 0.5) is 0 Å². The van der Waals surface area contributed by atoms with Gasteiger partial charge >= 0.3 is 0 Å². The predicted octanol–water partition coefficient (Wildman–Crippen LogP) is 4.49. The third-order valence-electron chi connectivity index (χ3n) is 5.88. The number of ether oxygens (including phenoxy) is 1. The van der Waals surface area contributed by atoms with Gasteiger partial charge in [0.15, 0.2) is 5.60 Å². The monoisotopic (exact) mass is 453 g/mol. The van der Waals surface area contributed by atoms with E-state index in [9.17, 15) is 9.90 Å². The fraction of sp³-hybridized carbons (Fsp3) is 0.143. The highest BCUT2D eigenvalue weighted by atomic mass is 16.5. The van der Waals surface area contributed by atoms with E-state index in [-0.39, 0.29) is 0 Å². The van der Waals surface area contributed by atoms with Crippen LogP contribution < -0.4 is 10.2 Å². The van der Waals surface area contributed by atoms with Gasteiger partial charge in [-0.15, -0.1) is 0 Å². The minimum absolute atomic E-state index is 0.464. The fourth-order valence-corrected chi connectivity index (χ4v) is 4.08. The number of benzene rings is 3. The molecule has 1 heterocycles. The summed E-state index contributed by atoms with van der Waals surface area (Å²) in [7, 11) is 1.64. The molecule has 2 N–H and O–H groups in total. The van der Waals surface area contributed by atoms with Gasteiger partial charge in [0, 0.05) is 22.6 Å². The van der Waals surface area contributed by atoms with Crippen molar-refractivity contribution < 1.29 is 14.6 Å². The number of hydrogen-bond donors (Lipinski definition) is 2. The second-order valence-corrected chi connectivity index (χ2v) is 8.00. The Morgan fingerprint density at radius 1 is 0.941 bits per heavy atom. The van der Waals surface area contributed by atoms with Gasteiger partial charge in [0.2, 0.25) is 0 Å². The summed E-state index contributed by atoms with van der Waals surface area (Å²) >= 11 is 0. The molecule has 0 saturated carbocycles. The summed E-state index contributed by atoms with van der Waals surface area (Å²) in [6, 6.07) is 27.5. The van der Waals surface area contributed by atoms with E-state index in [4.69, 9.17) is 4.74 Å². The summed E-state index contributed by atoms with van der Waals surface area (Å²) in [6.07, 6.45) is 1.59. The third kappa shape index (κ3) is 4.36. The summed E-state index contributed by atoms with van der Waals surface area (Å²) in [5.74, 6) is 0.158. The zero-order valence-corrected chi connectivity index (χ0v) is 19.4. The maximum Gasteiger partial charge on any atom is 0.281 e. The Hall–Kier alpha value is -4.16. The number of nitrogens with zero attached hydrogens (tertiary/aromatic N) is 2. The van der Waals surface area contributed by atoms with Crippen LogP contribution in [0.15, 0.2) is 96.1 Å². The van der Waals surface area contributed by atoms with E-state index in [2.05, 4.69) is 15.1 Å². The first-order valence-electron chi connectivity index (χ1n) is 11.0. The number of rotatable bonds is 7. The Kier molecular flexibility index (Phi) is 6.61. The molecule has 4 rings (SSSR count). The summed E-state index contributed by atoms with van der Waals surface area (Å²) in [4.78, 5) is 13.2. The first-order chi connectivity index (χ1) is 16.4. The number of aryl methyl sites for hydroxylation is 1. The highest BCUT2D eigenvalue weighted by Crippen LogP contribution is 2.30. The predicted molar refractivity (Wildman–Crippen MR) is 133 cm³/mol. The minimum Gasteiger partial charge on any atom is -0.497 e. The lowest BCUT2D eigenvalue weighted by Crippen LogP contribution is -2.43. The highest BCUT2D eigenvalue weighted by molar-refractivity contribution is 5.91. The quantitative estimate of drug-likeness (QED) is 0.320. The maximum absolute atomic E-state index is 13.2. The average Bonchev–Trinajstić information content (AvgIpc) is 3.17. The van der Waals surface area contributed by atoms with Gasteiger partial charge in [-0.05, 0) is 55.3 Å². The molecule has 0 aliphatic rings. The molecule has 0 unspecified atom stereocenters. The fourth-order valence-electron chi connectivity index (χ4n) is 4.08. The molecule has 0 spiro atoms. The molecule has 1 amide bonds. The molecule has 1 aromatic heterocycles. The zero-order chi connectivity index (χ0) is 24.1. The van der Waals surface area contributed by atoms with Gasteiger partial charge in [-0.2, -0.15) is 5.10 Å². The van der Waals surface area contributed by atoms with E-state index in [0.29, 0.717) is 11.1 Å². The lowest BCUT2D eigenvalue weighted by atomic mass is 9.85. The maximum atomic E-state index is 13.2. The summed E-state index contributed by atoms with van der Waals surface area (Å²) < 4.78 is 7.35. The molecule has 0 aliphatic carbocycles. The van der Waals surface area contributed by atoms with Crippen molar-refractivity contribution in [2.75, 3.05) is 7.11 Å². The Morgan fingerprint density at radius 3 is 2.03 bits per heavy atom. The minimum atomic E-state index is -1.88. The van der Waals surface area contributed by atoms with E-state index >= 15 is 0 Å². The van der Waals surface area contributed by atoms with E-state index in [1.54, 1.807) is 61.9 Å². The number of aromatic nitrogens is 1. The molecule has 0 atom stereocenters. The molecule has 172 valence electrons. The van der Waals surface area contributed by atoms with Crippen LogP contribution in [-0.2, 0) is 10.4 Å². The van der Waals surface area contributed by atoms with E-state index in [1.807, 2.05) is 56.3 Å². The molecule has 34 heavy (non-hydrogen) atoms. The second kappa shape index (κ2) is 9.77. The van der Waals surface area contributed by atoms with Gasteiger partial charge in [0.1, 0.15) is 5.75 Å². The lowest BCUT2D eigenvalue weighted by Gasteiger charge is -2.27. The van der Waals surface area contributed by atoms with Crippen molar-refractivity contribution in [3.63, 3.8) is 0 Å². The van der Waals surface area contributed by atoms with Crippen molar-refractivity contribution in [3.8, 4) is 11.4 Å². The number of nitrogens with one attached hydrogen (secondary N) is 1. The smallest absolute Gasteiger partial charge is 0.281 e. The molecule has 4 aromatic rings. The Morgan fingerprint density at radius 2 is 1.50 bits per heavy atom. The number of amides is 1. The van der Waals surface area contributed by atoms with Crippen LogP contribution in [0, 0.1) is 13.8 Å². The molecule has 3 aromatic carbocycles. The Labute approximate surface area is 199 Å². The van der Waals surface area contributed by atoms with Crippen LogP contribution in [-0.4, -0.2) is 28.9 Å². The van der Waals surface area contributed by atoms with E-state index in [0.717, 1.165) is 28.4 Å². The van der Waals surface area contributed by atoms with Gasteiger partial charge < -0.3 is 14.4 Å². The lowest BCUT2D eigenvalue weighted by molar-refractivity contribution is -0.136. The van der Waals surface area contributed by atoms with E-state index < -0.39 is 11.5 Å². The Balaban J connectivity index is 1.59. The molecule has 6 nitrogen and oxygen atoms in total. The van der Waals surface area contributed by atoms with Crippen molar-refractivity contribution in [2.45, 2.75) is 19.4 Å². The topological polar surface area (TPSA) is 75.8 Å². The van der Waals surface area contributed by atoms with Crippen molar-refractivity contribution >= 4 is 12.1 Å². The number of aliphatic hydroxyl groups is 1. The van der Waals surface area contributed by atoms with Crippen molar-refractivity contribution in [1.82, 2.24) is 9.99 Å². The molecule has 0 bridgehead atoms. The second-order valence-electron chi connectivity index (χ2n) is 8.00. The number of carbonyl (C=O) groups excluding carboxylic acids is 1. The first kappa shape index (κ1) is 23.0. The van der Waals surface area contributed by atoms with Gasteiger partial charge in [-0.3, -0.25) is 4.79 Å². The standard InChI is InChI=1S/C28H27N3O3/c1-20-18-22(21(2)31(20)25-14-16-26(34-3)17-15-25)19-29-30-27(32)28(33,23-10-6-4-7-11-23)24-12-8-5-9-13-24/h4-19,33H,1-3H3,(H,30,32). The summed E-state index contributed by atoms with van der Waals surface area (Å²) in [5.41, 5.74) is 5.45. The van der Waals surface area contributed by atoms with Gasteiger partial charge in [0.05, 0.1) is 13.3 Å². The molecule has 0 aliphatic heterocycles. The molecule has 0 saturated heterocycles. The highest BCUT2D eigenvalue weighted by Gasteiger charge is 2.39. The van der Waals surface area contributed by atoms with Crippen LogP contribution in [0.5, 0.6) is 5.75 Å². The Bertz CT molecular complexity index is 1250. The van der Waals surface area contributed by atoms with E-state index in [1.165, 1.54) is 0 Å². The third-order valence-corrected chi connectivity index (χ3v) is 5.88. The number of hydrazone groups is 1. The first-order valence-corrected chi connectivity index (χ1v) is 11.0. The molecular formula is C28H27N3O3. The van der Waals surface area contributed by atoms with Gasteiger partial charge in [-0.25, -0.2) is 5.43 Å². The molecule has 0 fully saturated rings. The van der Waals surface area contributed by atoms with Crippen LogP contribution in [0.1, 0.15) is 28.1 Å².